The highest BCUT2D eigenvalue weighted by Gasteiger charge is 2.09. The van der Waals surface area contributed by atoms with E-state index in [1.807, 2.05) is 0 Å². The Morgan fingerprint density at radius 1 is 1.05 bits per heavy atom. The SMILES string of the molecule is O=C(O)CCc1ccc(-c2cccc(F)c2F)cc1. The molecule has 0 atom stereocenters. The zero-order chi connectivity index (χ0) is 13.8. The second-order valence-corrected chi connectivity index (χ2v) is 4.19. The third kappa shape index (κ3) is 3.16. The summed E-state index contributed by atoms with van der Waals surface area (Å²) in [6.45, 7) is 0. The lowest BCUT2D eigenvalue weighted by Gasteiger charge is -2.05. The molecule has 0 heterocycles. The van der Waals surface area contributed by atoms with Crippen LogP contribution in [0.15, 0.2) is 42.5 Å². The van der Waals surface area contributed by atoms with Crippen LogP contribution in [0.2, 0.25) is 0 Å². The first-order valence-corrected chi connectivity index (χ1v) is 5.83. The number of carbonyl (C=O) groups is 1. The highest BCUT2D eigenvalue weighted by molar-refractivity contribution is 5.67. The van der Waals surface area contributed by atoms with E-state index in [1.54, 1.807) is 24.3 Å². The quantitative estimate of drug-likeness (QED) is 0.913. The molecule has 2 nitrogen and oxygen atoms in total. The maximum atomic E-state index is 13.6. The van der Waals surface area contributed by atoms with Crippen molar-refractivity contribution in [3.63, 3.8) is 0 Å². The van der Waals surface area contributed by atoms with Gasteiger partial charge in [-0.25, -0.2) is 8.78 Å². The van der Waals surface area contributed by atoms with Crippen LogP contribution < -0.4 is 0 Å². The number of carboxylic acid groups (broad SMARTS) is 1. The lowest BCUT2D eigenvalue weighted by molar-refractivity contribution is -0.136. The number of rotatable bonds is 4. The minimum Gasteiger partial charge on any atom is -0.481 e. The van der Waals surface area contributed by atoms with Gasteiger partial charge in [-0.1, -0.05) is 36.4 Å². The van der Waals surface area contributed by atoms with Crippen molar-refractivity contribution in [3.05, 3.63) is 59.7 Å². The van der Waals surface area contributed by atoms with E-state index in [4.69, 9.17) is 5.11 Å². The fourth-order valence-electron chi connectivity index (χ4n) is 1.83. The van der Waals surface area contributed by atoms with Gasteiger partial charge in [-0.15, -0.1) is 0 Å². The molecular formula is C15H12F2O2. The Labute approximate surface area is 109 Å². The minimum absolute atomic E-state index is 0.0493. The number of hydrogen-bond acceptors (Lipinski definition) is 1. The predicted octanol–water partition coefficient (Wildman–Crippen LogP) is 3.65. The Morgan fingerprint density at radius 3 is 2.37 bits per heavy atom. The molecule has 4 heteroatoms. The summed E-state index contributed by atoms with van der Waals surface area (Å²) in [4.78, 5) is 10.5. The third-order valence-electron chi connectivity index (χ3n) is 2.84. The van der Waals surface area contributed by atoms with E-state index < -0.39 is 17.6 Å². The molecule has 0 spiro atoms. The highest BCUT2D eigenvalue weighted by atomic mass is 19.2. The second-order valence-electron chi connectivity index (χ2n) is 4.19. The summed E-state index contributed by atoms with van der Waals surface area (Å²) in [5.41, 5.74) is 1.61. The van der Waals surface area contributed by atoms with Gasteiger partial charge in [0.2, 0.25) is 0 Å². The van der Waals surface area contributed by atoms with Crippen LogP contribution in [-0.4, -0.2) is 11.1 Å². The number of halogens is 2. The minimum atomic E-state index is -0.882. The fourth-order valence-corrected chi connectivity index (χ4v) is 1.83. The number of aryl methyl sites for hydroxylation is 1. The van der Waals surface area contributed by atoms with E-state index in [0.29, 0.717) is 12.0 Å². The summed E-state index contributed by atoms with van der Waals surface area (Å²) < 4.78 is 26.7. The average Bonchev–Trinajstić information content (AvgIpc) is 2.40. The number of benzene rings is 2. The monoisotopic (exact) mass is 262 g/mol. The summed E-state index contributed by atoms with van der Waals surface area (Å²) in [6.07, 6.45) is 0.467. The molecule has 0 fully saturated rings. The van der Waals surface area contributed by atoms with Gasteiger partial charge in [0.1, 0.15) is 0 Å². The molecule has 1 N–H and O–H groups in total. The molecule has 0 aliphatic carbocycles. The maximum Gasteiger partial charge on any atom is 0.303 e. The summed E-state index contributed by atoms with van der Waals surface area (Å²) in [5.74, 6) is -2.62. The van der Waals surface area contributed by atoms with Gasteiger partial charge >= 0.3 is 5.97 Å². The molecule has 2 rings (SSSR count). The molecule has 0 saturated heterocycles. The van der Waals surface area contributed by atoms with Crippen LogP contribution in [0.3, 0.4) is 0 Å². The number of hydrogen-bond donors (Lipinski definition) is 1. The van der Waals surface area contributed by atoms with Crippen molar-refractivity contribution < 1.29 is 18.7 Å². The summed E-state index contributed by atoms with van der Waals surface area (Å²) in [7, 11) is 0. The van der Waals surface area contributed by atoms with Crippen LogP contribution in [0.4, 0.5) is 8.78 Å². The summed E-state index contributed by atoms with van der Waals surface area (Å²) >= 11 is 0. The molecule has 0 radical (unpaired) electrons. The van der Waals surface area contributed by atoms with Crippen molar-refractivity contribution in [1.82, 2.24) is 0 Å². The van der Waals surface area contributed by atoms with E-state index in [9.17, 15) is 13.6 Å². The Kier molecular flexibility index (Phi) is 3.90. The Balaban J connectivity index is 2.22. The summed E-state index contributed by atoms with van der Waals surface area (Å²) in [5, 5.41) is 8.58. The van der Waals surface area contributed by atoms with E-state index in [1.165, 1.54) is 12.1 Å². The molecule has 0 unspecified atom stereocenters. The molecule has 0 aliphatic heterocycles. The Morgan fingerprint density at radius 2 is 1.74 bits per heavy atom. The zero-order valence-electron chi connectivity index (χ0n) is 10.1. The van der Waals surface area contributed by atoms with Gasteiger partial charge in [0.05, 0.1) is 0 Å². The normalized spacial score (nSPS) is 10.4. The Hall–Kier alpha value is -2.23. The van der Waals surface area contributed by atoms with E-state index >= 15 is 0 Å². The van der Waals surface area contributed by atoms with Crippen molar-refractivity contribution >= 4 is 5.97 Å². The first-order chi connectivity index (χ1) is 9.08. The maximum absolute atomic E-state index is 13.6. The van der Waals surface area contributed by atoms with Crippen molar-refractivity contribution in [1.29, 1.82) is 0 Å². The number of carboxylic acids is 1. The lowest BCUT2D eigenvalue weighted by Crippen LogP contribution is -1.97. The van der Waals surface area contributed by atoms with Gasteiger partial charge in [-0.05, 0) is 23.6 Å². The van der Waals surface area contributed by atoms with Crippen LogP contribution >= 0.6 is 0 Å². The molecular weight excluding hydrogens is 250 g/mol. The smallest absolute Gasteiger partial charge is 0.303 e. The summed E-state index contributed by atoms with van der Waals surface area (Å²) in [6, 6.07) is 10.8. The van der Waals surface area contributed by atoms with Gasteiger partial charge in [0.15, 0.2) is 11.6 Å². The van der Waals surface area contributed by atoms with Crippen molar-refractivity contribution in [2.45, 2.75) is 12.8 Å². The van der Waals surface area contributed by atoms with Crippen molar-refractivity contribution in [3.8, 4) is 11.1 Å². The highest BCUT2D eigenvalue weighted by Crippen LogP contribution is 2.24. The zero-order valence-corrected chi connectivity index (χ0v) is 10.1. The molecule has 2 aromatic carbocycles. The largest absolute Gasteiger partial charge is 0.481 e. The number of aliphatic carboxylic acids is 1. The van der Waals surface area contributed by atoms with Crippen LogP contribution in [-0.2, 0) is 11.2 Å². The molecule has 0 aliphatic rings. The van der Waals surface area contributed by atoms with Crippen LogP contribution in [0.25, 0.3) is 11.1 Å². The molecule has 0 aromatic heterocycles. The van der Waals surface area contributed by atoms with E-state index in [2.05, 4.69) is 0 Å². The standard InChI is InChI=1S/C15H12F2O2/c16-13-3-1-2-12(15(13)17)11-7-4-10(5-8-11)6-9-14(18)19/h1-5,7-8H,6,9H2,(H,18,19). The fraction of sp³-hybridized carbons (Fsp3) is 0.133. The topological polar surface area (TPSA) is 37.3 Å². The van der Waals surface area contributed by atoms with Gasteiger partial charge in [0, 0.05) is 12.0 Å². The molecule has 0 bridgehead atoms. The van der Waals surface area contributed by atoms with Crippen LogP contribution in [0.5, 0.6) is 0 Å². The first kappa shape index (κ1) is 13.2. The second kappa shape index (κ2) is 5.61. The first-order valence-electron chi connectivity index (χ1n) is 5.83. The molecule has 19 heavy (non-hydrogen) atoms. The van der Waals surface area contributed by atoms with Crippen LogP contribution in [0.1, 0.15) is 12.0 Å². The van der Waals surface area contributed by atoms with Crippen molar-refractivity contribution in [2.24, 2.45) is 0 Å². The average molecular weight is 262 g/mol. The predicted molar refractivity (Wildman–Crippen MR) is 67.8 cm³/mol. The van der Waals surface area contributed by atoms with Gasteiger partial charge in [-0.3, -0.25) is 4.79 Å². The lowest BCUT2D eigenvalue weighted by atomic mass is 10.0. The molecule has 2 aromatic rings. The Bertz CT molecular complexity index is 592. The van der Waals surface area contributed by atoms with Gasteiger partial charge in [-0.2, -0.15) is 0 Å². The van der Waals surface area contributed by atoms with E-state index in [0.717, 1.165) is 11.6 Å². The molecule has 0 saturated carbocycles. The van der Waals surface area contributed by atoms with Gasteiger partial charge in [0.25, 0.3) is 0 Å². The molecule has 98 valence electrons. The third-order valence-corrected chi connectivity index (χ3v) is 2.84. The van der Waals surface area contributed by atoms with E-state index in [-0.39, 0.29) is 12.0 Å². The van der Waals surface area contributed by atoms with Crippen molar-refractivity contribution in [2.75, 3.05) is 0 Å². The molecule has 0 amide bonds. The van der Waals surface area contributed by atoms with Gasteiger partial charge < -0.3 is 5.11 Å². The van der Waals surface area contributed by atoms with Crippen LogP contribution in [0, 0.1) is 11.6 Å².